The summed E-state index contributed by atoms with van der Waals surface area (Å²) >= 11 is 6.28. The van der Waals surface area contributed by atoms with E-state index in [2.05, 4.69) is 26.8 Å². The zero-order chi connectivity index (χ0) is 29.8. The Labute approximate surface area is 249 Å². The topological polar surface area (TPSA) is 109 Å². The molecular formula is C31H32ClN5O5. The lowest BCUT2D eigenvalue weighted by Gasteiger charge is -2.29. The average molecular weight is 590 g/mol. The van der Waals surface area contributed by atoms with Gasteiger partial charge < -0.3 is 29.6 Å². The summed E-state index contributed by atoms with van der Waals surface area (Å²) in [5.74, 6) is 2.09. The zero-order valence-electron chi connectivity index (χ0n) is 24.0. The fraction of sp³-hybridized carbons (Fsp3) is 0.258. The fourth-order valence-corrected chi connectivity index (χ4v) is 5.12. The van der Waals surface area contributed by atoms with Crippen molar-refractivity contribution in [3.05, 3.63) is 93.9 Å². The van der Waals surface area contributed by atoms with E-state index in [9.17, 15) is 4.79 Å². The van der Waals surface area contributed by atoms with E-state index in [1.807, 2.05) is 57.2 Å². The van der Waals surface area contributed by atoms with Crippen LogP contribution in [0.1, 0.15) is 36.6 Å². The number of methoxy groups -OCH3 is 2. The normalized spacial score (nSPS) is 14.1. The molecule has 1 aliphatic heterocycles. The molecular weight excluding hydrogens is 558 g/mol. The monoisotopic (exact) mass is 589 g/mol. The van der Waals surface area contributed by atoms with Gasteiger partial charge in [0, 0.05) is 17.8 Å². The van der Waals surface area contributed by atoms with E-state index in [0.29, 0.717) is 64.1 Å². The van der Waals surface area contributed by atoms with E-state index in [4.69, 9.17) is 30.5 Å². The first-order chi connectivity index (χ1) is 20.3. The first-order valence-corrected chi connectivity index (χ1v) is 13.8. The van der Waals surface area contributed by atoms with Gasteiger partial charge in [0.25, 0.3) is 5.91 Å². The van der Waals surface area contributed by atoms with Crippen LogP contribution < -0.4 is 29.6 Å². The fourth-order valence-electron chi connectivity index (χ4n) is 4.89. The predicted octanol–water partition coefficient (Wildman–Crippen LogP) is 6.16. The summed E-state index contributed by atoms with van der Waals surface area (Å²) in [6, 6.07) is 16.4. The van der Waals surface area contributed by atoms with Crippen molar-refractivity contribution >= 4 is 29.1 Å². The van der Waals surface area contributed by atoms with Crippen LogP contribution in [-0.4, -0.2) is 41.5 Å². The van der Waals surface area contributed by atoms with E-state index in [0.717, 1.165) is 16.7 Å². The summed E-state index contributed by atoms with van der Waals surface area (Å²) in [5.41, 5.74) is 4.44. The molecule has 0 radical (unpaired) electrons. The molecule has 11 heteroatoms. The molecule has 0 saturated carbocycles. The van der Waals surface area contributed by atoms with Gasteiger partial charge in [-0.1, -0.05) is 47.5 Å². The number of amides is 1. The maximum absolute atomic E-state index is 14.0. The van der Waals surface area contributed by atoms with E-state index in [1.54, 1.807) is 16.8 Å². The number of nitrogens with zero attached hydrogens (tertiary/aromatic N) is 3. The maximum Gasteiger partial charge on any atom is 0.255 e. The Kier molecular flexibility index (Phi) is 8.53. The first kappa shape index (κ1) is 28.8. The van der Waals surface area contributed by atoms with Crippen LogP contribution in [0.3, 0.4) is 0 Å². The van der Waals surface area contributed by atoms with Crippen LogP contribution in [0.2, 0.25) is 5.02 Å². The first-order valence-electron chi connectivity index (χ1n) is 13.4. The minimum Gasteiger partial charge on any atom is -0.495 e. The third-order valence-corrected chi connectivity index (χ3v) is 7.12. The van der Waals surface area contributed by atoms with Crippen molar-refractivity contribution in [3.63, 3.8) is 0 Å². The maximum atomic E-state index is 14.0. The number of allylic oxidation sites excluding steroid dienone is 1. The number of rotatable bonds is 10. The summed E-state index contributed by atoms with van der Waals surface area (Å²) < 4.78 is 24.6. The van der Waals surface area contributed by atoms with Gasteiger partial charge in [-0.05, 0) is 44.0 Å². The quantitative estimate of drug-likeness (QED) is 0.226. The van der Waals surface area contributed by atoms with Gasteiger partial charge in [0.1, 0.15) is 30.5 Å². The minimum atomic E-state index is -0.617. The van der Waals surface area contributed by atoms with Crippen molar-refractivity contribution in [2.24, 2.45) is 0 Å². The number of aromatic nitrogens is 3. The number of fused-ring (bicyclic) bond motifs is 1. The molecule has 0 bridgehead atoms. The minimum absolute atomic E-state index is 0.361. The Bertz CT molecular complexity index is 1650. The Morgan fingerprint density at radius 1 is 1.00 bits per heavy atom. The van der Waals surface area contributed by atoms with Crippen molar-refractivity contribution in [3.8, 4) is 23.0 Å². The predicted molar refractivity (Wildman–Crippen MR) is 161 cm³/mol. The molecule has 1 amide bonds. The van der Waals surface area contributed by atoms with Crippen LogP contribution >= 0.6 is 11.6 Å². The van der Waals surface area contributed by atoms with Crippen LogP contribution in [0.25, 0.3) is 0 Å². The van der Waals surface area contributed by atoms with Gasteiger partial charge in [-0.15, -0.1) is 0 Å². The van der Waals surface area contributed by atoms with Crippen LogP contribution in [0.15, 0.2) is 72.2 Å². The number of aryl methyl sites for hydroxylation is 1. The molecule has 4 aromatic rings. The smallest absolute Gasteiger partial charge is 0.255 e. The summed E-state index contributed by atoms with van der Waals surface area (Å²) in [7, 11) is 3.01. The lowest BCUT2D eigenvalue weighted by atomic mass is 9.94. The number of anilines is 2. The van der Waals surface area contributed by atoms with Crippen molar-refractivity contribution in [1.82, 2.24) is 14.8 Å². The highest BCUT2D eigenvalue weighted by Gasteiger charge is 2.34. The van der Waals surface area contributed by atoms with Gasteiger partial charge in [0.2, 0.25) is 5.95 Å². The molecule has 2 N–H and O–H groups in total. The van der Waals surface area contributed by atoms with E-state index < -0.39 is 6.04 Å². The van der Waals surface area contributed by atoms with Gasteiger partial charge in [-0.25, -0.2) is 4.68 Å². The summed E-state index contributed by atoms with van der Waals surface area (Å²) in [5, 5.41) is 10.9. The van der Waals surface area contributed by atoms with E-state index >= 15 is 0 Å². The van der Waals surface area contributed by atoms with Crippen molar-refractivity contribution in [2.45, 2.75) is 33.4 Å². The highest BCUT2D eigenvalue weighted by molar-refractivity contribution is 6.32. The van der Waals surface area contributed by atoms with Crippen molar-refractivity contribution in [1.29, 1.82) is 0 Å². The van der Waals surface area contributed by atoms with Gasteiger partial charge in [-0.2, -0.15) is 10.1 Å². The molecule has 10 nitrogen and oxygen atoms in total. The number of nitrogens with one attached hydrogen (secondary N) is 2. The second-order valence-corrected chi connectivity index (χ2v) is 10.1. The van der Waals surface area contributed by atoms with E-state index in [-0.39, 0.29) is 5.91 Å². The van der Waals surface area contributed by atoms with Crippen LogP contribution in [-0.2, 0) is 11.4 Å². The number of carbonyl (C=O) groups is 1. The molecule has 3 aromatic carbocycles. The molecule has 5 rings (SSSR count). The number of carbonyl (C=O) groups excluding carboxylic acids is 1. The number of hydrogen-bond acceptors (Lipinski definition) is 8. The van der Waals surface area contributed by atoms with Gasteiger partial charge in [-0.3, -0.25) is 4.79 Å². The summed E-state index contributed by atoms with van der Waals surface area (Å²) in [6.45, 7) is 6.60. The molecule has 0 spiro atoms. The Hall–Kier alpha value is -4.70. The third-order valence-electron chi connectivity index (χ3n) is 6.82. The van der Waals surface area contributed by atoms with Crippen molar-refractivity contribution < 1.29 is 23.7 Å². The van der Waals surface area contributed by atoms with Crippen LogP contribution in [0.4, 0.5) is 11.6 Å². The molecule has 0 unspecified atom stereocenters. The lowest BCUT2D eigenvalue weighted by Crippen LogP contribution is -2.31. The van der Waals surface area contributed by atoms with Gasteiger partial charge in [0.15, 0.2) is 11.5 Å². The Balaban J connectivity index is 1.51. The molecule has 2 heterocycles. The van der Waals surface area contributed by atoms with Gasteiger partial charge >= 0.3 is 0 Å². The Morgan fingerprint density at radius 2 is 1.81 bits per heavy atom. The largest absolute Gasteiger partial charge is 0.495 e. The number of benzene rings is 3. The standard InChI is InChI=1S/C31H32ClN5O5/c1-6-41-27-13-21(10-11-24(27)42-16-20-9-7-8-18(2)12-20)29-28(19(3)35-31-33-17-34-37(29)31)30(38)36-23-15-25(39-4)22(32)14-26(23)40-5/h7-15,17,29H,6,16H2,1-5H3,(H,36,38)(H,33,34,35)/t29-/m0/s1. The Morgan fingerprint density at radius 3 is 2.55 bits per heavy atom. The highest BCUT2D eigenvalue weighted by Crippen LogP contribution is 2.41. The molecule has 1 atom stereocenters. The van der Waals surface area contributed by atoms with Crippen molar-refractivity contribution in [2.75, 3.05) is 31.5 Å². The second-order valence-electron chi connectivity index (χ2n) is 9.65. The number of hydrogen-bond donors (Lipinski definition) is 2. The SMILES string of the molecule is CCOc1cc([C@H]2C(C(=O)Nc3cc(OC)c(Cl)cc3OC)=C(C)Nc3ncnn32)ccc1OCc1cccc(C)c1. The molecule has 218 valence electrons. The van der Waals surface area contributed by atoms with Crippen LogP contribution in [0.5, 0.6) is 23.0 Å². The highest BCUT2D eigenvalue weighted by atomic mass is 35.5. The second kappa shape index (κ2) is 12.4. The van der Waals surface area contributed by atoms with E-state index in [1.165, 1.54) is 20.5 Å². The molecule has 0 saturated heterocycles. The van der Waals surface area contributed by atoms with Gasteiger partial charge in [0.05, 0.1) is 37.1 Å². The number of ether oxygens (including phenoxy) is 4. The molecule has 0 fully saturated rings. The number of halogens is 1. The van der Waals surface area contributed by atoms with Crippen LogP contribution in [0, 0.1) is 6.92 Å². The molecule has 42 heavy (non-hydrogen) atoms. The lowest BCUT2D eigenvalue weighted by molar-refractivity contribution is -0.113. The third kappa shape index (κ3) is 5.84. The average Bonchev–Trinajstić information content (AvgIpc) is 3.44. The molecule has 1 aliphatic rings. The molecule has 0 aliphatic carbocycles. The summed E-state index contributed by atoms with van der Waals surface area (Å²) in [4.78, 5) is 18.3. The molecule has 1 aromatic heterocycles. The zero-order valence-corrected chi connectivity index (χ0v) is 24.8. The summed E-state index contributed by atoms with van der Waals surface area (Å²) in [6.07, 6.45) is 1.44.